The Kier molecular flexibility index (Phi) is 4.42. The molecule has 1 atom stereocenters. The number of carbonyl (C=O) groups excluding carboxylic acids is 1. The van der Waals surface area contributed by atoms with E-state index in [4.69, 9.17) is 9.47 Å². The molecule has 0 N–H and O–H groups in total. The van der Waals surface area contributed by atoms with Gasteiger partial charge in [-0.3, -0.25) is 4.79 Å². The third-order valence-corrected chi connectivity index (χ3v) is 6.31. The monoisotopic (exact) mass is 364 g/mol. The molecule has 4 heterocycles. The lowest BCUT2D eigenvalue weighted by Crippen LogP contribution is -2.66. The minimum absolute atomic E-state index is 0.106. The van der Waals surface area contributed by atoms with Gasteiger partial charge in [0.1, 0.15) is 5.60 Å². The molecule has 0 saturated carbocycles. The molecule has 2 saturated heterocycles. The van der Waals surface area contributed by atoms with Crippen LogP contribution in [0.4, 0.5) is 0 Å². The lowest BCUT2D eigenvalue weighted by molar-refractivity contribution is -0.129. The smallest absolute Gasteiger partial charge is 0.254 e. The van der Waals surface area contributed by atoms with Gasteiger partial charge in [0.25, 0.3) is 5.91 Å². The molecule has 7 heteroatoms. The molecule has 1 amide bonds. The second-order valence-electron chi connectivity index (χ2n) is 6.45. The van der Waals surface area contributed by atoms with Crippen LogP contribution in [0.15, 0.2) is 22.2 Å². The first-order valence-electron chi connectivity index (χ1n) is 8.10. The summed E-state index contributed by atoms with van der Waals surface area (Å²) in [6.07, 6.45) is 0.997. The van der Waals surface area contributed by atoms with E-state index in [-0.39, 0.29) is 11.5 Å². The van der Waals surface area contributed by atoms with Crippen molar-refractivity contribution < 1.29 is 14.3 Å². The average Bonchev–Trinajstić information content (AvgIpc) is 3.25. The third kappa shape index (κ3) is 3.01. The zero-order chi connectivity index (χ0) is 16.6. The van der Waals surface area contributed by atoms with Crippen molar-refractivity contribution >= 4 is 28.6 Å². The Morgan fingerprint density at radius 3 is 3.08 bits per heavy atom. The maximum Gasteiger partial charge on any atom is 0.254 e. The van der Waals surface area contributed by atoms with E-state index < -0.39 is 0 Å². The highest BCUT2D eigenvalue weighted by Crippen LogP contribution is 2.40. The molecule has 24 heavy (non-hydrogen) atoms. The molecule has 2 aromatic heterocycles. The van der Waals surface area contributed by atoms with Crippen molar-refractivity contribution in [1.29, 1.82) is 0 Å². The van der Waals surface area contributed by atoms with Gasteiger partial charge in [-0.1, -0.05) is 0 Å². The summed E-state index contributed by atoms with van der Waals surface area (Å²) < 4.78 is 11.9. The second-order valence-corrected chi connectivity index (χ2v) is 8.29. The molecule has 2 fully saturated rings. The molecule has 5 nitrogen and oxygen atoms in total. The van der Waals surface area contributed by atoms with Gasteiger partial charge >= 0.3 is 0 Å². The van der Waals surface area contributed by atoms with E-state index in [1.54, 1.807) is 22.7 Å². The first-order chi connectivity index (χ1) is 11.7. The minimum Gasteiger partial charge on any atom is -0.375 e. The summed E-state index contributed by atoms with van der Waals surface area (Å²) in [4.78, 5) is 18.7. The zero-order valence-corrected chi connectivity index (χ0v) is 15.2. The van der Waals surface area contributed by atoms with Crippen LogP contribution in [0, 0.1) is 12.8 Å². The first-order valence-corrected chi connectivity index (χ1v) is 9.93. The fraction of sp³-hybridized carbons (Fsp3) is 0.529. The summed E-state index contributed by atoms with van der Waals surface area (Å²) in [7, 11) is 0. The van der Waals surface area contributed by atoms with Crippen LogP contribution in [0.25, 0.3) is 0 Å². The number of hydrogen-bond acceptors (Lipinski definition) is 6. The van der Waals surface area contributed by atoms with Crippen LogP contribution in [0.2, 0.25) is 0 Å². The molecule has 0 bridgehead atoms. The molecular weight excluding hydrogens is 344 g/mol. The topological polar surface area (TPSA) is 51.7 Å². The summed E-state index contributed by atoms with van der Waals surface area (Å²) >= 11 is 3.20. The Labute approximate surface area is 149 Å². The van der Waals surface area contributed by atoms with Crippen LogP contribution in [-0.4, -0.2) is 47.7 Å². The van der Waals surface area contributed by atoms with Gasteiger partial charge in [0.15, 0.2) is 0 Å². The van der Waals surface area contributed by atoms with Crippen LogP contribution in [0.5, 0.6) is 0 Å². The summed E-state index contributed by atoms with van der Waals surface area (Å²) in [5, 5.41) is 6.95. The van der Waals surface area contributed by atoms with E-state index in [1.807, 2.05) is 34.0 Å². The van der Waals surface area contributed by atoms with Crippen LogP contribution in [0.3, 0.4) is 0 Å². The van der Waals surface area contributed by atoms with Crippen LogP contribution in [-0.2, 0) is 16.1 Å². The SMILES string of the molecule is Cc1nc(COC[C@H]2CCOC23CN(C(=O)c2ccsc2)C3)cs1. The Morgan fingerprint density at radius 1 is 1.50 bits per heavy atom. The van der Waals surface area contributed by atoms with E-state index in [1.165, 1.54) is 0 Å². The summed E-state index contributed by atoms with van der Waals surface area (Å²) in [5.41, 5.74) is 1.57. The number of rotatable bonds is 5. The fourth-order valence-electron chi connectivity index (χ4n) is 3.46. The van der Waals surface area contributed by atoms with Crippen molar-refractivity contribution in [3.8, 4) is 0 Å². The number of ether oxygens (including phenoxy) is 2. The Morgan fingerprint density at radius 2 is 2.38 bits per heavy atom. The van der Waals surface area contributed by atoms with Crippen molar-refractivity contribution in [2.45, 2.75) is 25.6 Å². The quantitative estimate of drug-likeness (QED) is 0.818. The van der Waals surface area contributed by atoms with Gasteiger partial charge in [-0.2, -0.15) is 11.3 Å². The Bertz CT molecular complexity index is 707. The van der Waals surface area contributed by atoms with Gasteiger partial charge in [0.2, 0.25) is 0 Å². The Hall–Kier alpha value is -1.28. The summed E-state index contributed by atoms with van der Waals surface area (Å²) in [5.74, 6) is 0.457. The van der Waals surface area contributed by atoms with E-state index in [2.05, 4.69) is 4.98 Å². The number of aryl methyl sites for hydroxylation is 1. The summed E-state index contributed by atoms with van der Waals surface area (Å²) in [6.45, 7) is 5.31. The van der Waals surface area contributed by atoms with Crippen LogP contribution in [0.1, 0.15) is 27.5 Å². The minimum atomic E-state index is -0.205. The summed E-state index contributed by atoms with van der Waals surface area (Å²) in [6, 6.07) is 1.88. The predicted molar refractivity (Wildman–Crippen MR) is 93.5 cm³/mol. The number of carbonyl (C=O) groups is 1. The van der Waals surface area contributed by atoms with Gasteiger partial charge < -0.3 is 14.4 Å². The standard InChI is InChI=1S/C17H20N2O3S2/c1-12-18-15(9-24-12)7-21-6-14-2-4-22-17(14)10-19(11-17)16(20)13-3-5-23-8-13/h3,5,8-9,14H,2,4,6-7,10-11H2,1H3/t14-/m1/s1. The van der Waals surface area contributed by atoms with Crippen molar-refractivity contribution in [2.75, 3.05) is 26.3 Å². The van der Waals surface area contributed by atoms with Crippen molar-refractivity contribution in [3.05, 3.63) is 38.5 Å². The molecule has 2 aliphatic heterocycles. The number of amides is 1. The van der Waals surface area contributed by atoms with E-state index >= 15 is 0 Å². The van der Waals surface area contributed by atoms with E-state index in [0.29, 0.717) is 32.2 Å². The van der Waals surface area contributed by atoms with Crippen LogP contribution >= 0.6 is 22.7 Å². The van der Waals surface area contributed by atoms with Gasteiger partial charge in [-0.25, -0.2) is 4.98 Å². The molecule has 128 valence electrons. The van der Waals surface area contributed by atoms with Gasteiger partial charge in [-0.05, 0) is 24.8 Å². The molecule has 2 aromatic rings. The number of likely N-dealkylation sites (tertiary alicyclic amines) is 1. The lowest BCUT2D eigenvalue weighted by Gasteiger charge is -2.50. The molecule has 0 radical (unpaired) electrons. The largest absolute Gasteiger partial charge is 0.375 e. The van der Waals surface area contributed by atoms with Gasteiger partial charge in [0.05, 0.1) is 42.6 Å². The average molecular weight is 364 g/mol. The molecule has 4 rings (SSSR count). The third-order valence-electron chi connectivity index (χ3n) is 4.81. The highest BCUT2D eigenvalue weighted by atomic mass is 32.1. The second kappa shape index (κ2) is 6.55. The number of thiophene rings is 1. The zero-order valence-electron chi connectivity index (χ0n) is 13.6. The molecule has 2 aliphatic rings. The van der Waals surface area contributed by atoms with E-state index in [0.717, 1.165) is 29.3 Å². The highest BCUT2D eigenvalue weighted by Gasteiger charge is 2.54. The number of hydrogen-bond donors (Lipinski definition) is 0. The number of nitrogens with zero attached hydrogens (tertiary/aromatic N) is 2. The van der Waals surface area contributed by atoms with Gasteiger partial charge in [-0.15, -0.1) is 11.3 Å². The molecular formula is C17H20N2O3S2. The molecule has 1 spiro atoms. The fourth-order valence-corrected chi connectivity index (χ4v) is 4.69. The maximum atomic E-state index is 12.4. The van der Waals surface area contributed by atoms with E-state index in [9.17, 15) is 4.79 Å². The molecule has 0 aliphatic carbocycles. The lowest BCUT2D eigenvalue weighted by atomic mass is 9.81. The van der Waals surface area contributed by atoms with Crippen molar-refractivity contribution in [3.63, 3.8) is 0 Å². The normalized spacial score (nSPS) is 22.0. The number of aromatic nitrogens is 1. The molecule has 0 unspecified atom stereocenters. The Balaban J connectivity index is 1.30. The molecule has 0 aromatic carbocycles. The maximum absolute atomic E-state index is 12.4. The highest BCUT2D eigenvalue weighted by molar-refractivity contribution is 7.09. The van der Waals surface area contributed by atoms with Gasteiger partial charge in [0, 0.05) is 23.3 Å². The van der Waals surface area contributed by atoms with Crippen molar-refractivity contribution in [2.24, 2.45) is 5.92 Å². The van der Waals surface area contributed by atoms with Crippen LogP contribution < -0.4 is 0 Å². The number of thiazole rings is 1. The first kappa shape index (κ1) is 16.2. The van der Waals surface area contributed by atoms with Crippen molar-refractivity contribution in [1.82, 2.24) is 9.88 Å². The predicted octanol–water partition coefficient (Wildman–Crippen LogP) is 2.96.